The van der Waals surface area contributed by atoms with Crippen LogP contribution in [0.3, 0.4) is 0 Å². The van der Waals surface area contributed by atoms with Gasteiger partial charge in [0.25, 0.3) is 5.91 Å². The first-order valence-electron chi connectivity index (χ1n) is 7.12. The fourth-order valence-electron chi connectivity index (χ4n) is 1.99. The Kier molecular flexibility index (Phi) is 6.43. The summed E-state index contributed by atoms with van der Waals surface area (Å²) in [7, 11) is 0. The summed E-state index contributed by atoms with van der Waals surface area (Å²) in [6, 6.07) is 6.41. The van der Waals surface area contributed by atoms with Crippen molar-refractivity contribution in [3.8, 4) is 0 Å². The number of urea groups is 1. The van der Waals surface area contributed by atoms with Gasteiger partial charge in [-0.05, 0) is 30.3 Å². The predicted molar refractivity (Wildman–Crippen MR) is 92.6 cm³/mol. The summed E-state index contributed by atoms with van der Waals surface area (Å²) in [5, 5.41) is 16.0. The van der Waals surface area contributed by atoms with Crippen molar-refractivity contribution < 1.29 is 23.5 Å². The smallest absolute Gasteiger partial charge is 0.323 e. The second-order valence-corrected chi connectivity index (χ2v) is 5.82. The average molecular weight is 414 g/mol. The van der Waals surface area contributed by atoms with Gasteiger partial charge in [-0.2, -0.15) is 0 Å². The highest BCUT2D eigenvalue weighted by molar-refractivity contribution is 9.10. The summed E-state index contributed by atoms with van der Waals surface area (Å²) in [6.45, 7) is -0.167. The van der Waals surface area contributed by atoms with Crippen molar-refractivity contribution in [1.29, 1.82) is 0 Å². The Morgan fingerprint density at radius 1 is 1.04 bits per heavy atom. The maximum atomic E-state index is 13.2. The van der Waals surface area contributed by atoms with Gasteiger partial charge in [0.05, 0.1) is 17.9 Å². The molecule has 0 fully saturated rings. The zero-order chi connectivity index (χ0) is 18.4. The molecule has 0 aliphatic rings. The quantitative estimate of drug-likeness (QED) is 0.606. The van der Waals surface area contributed by atoms with Gasteiger partial charge in [-0.25, -0.2) is 13.6 Å². The van der Waals surface area contributed by atoms with Crippen LogP contribution >= 0.6 is 15.9 Å². The molecular weight excluding hydrogens is 400 g/mol. The van der Waals surface area contributed by atoms with E-state index in [9.17, 15) is 18.4 Å². The van der Waals surface area contributed by atoms with Crippen molar-refractivity contribution >= 4 is 39.2 Å². The molecule has 25 heavy (non-hydrogen) atoms. The molecule has 0 atom stereocenters. The van der Waals surface area contributed by atoms with E-state index in [1.54, 1.807) is 6.07 Å². The van der Waals surface area contributed by atoms with E-state index in [-0.39, 0.29) is 30.1 Å². The highest BCUT2D eigenvalue weighted by Gasteiger charge is 2.14. The Bertz CT molecular complexity index is 782. The van der Waals surface area contributed by atoms with Crippen molar-refractivity contribution in [2.75, 3.05) is 23.8 Å². The molecule has 2 aromatic carbocycles. The highest BCUT2D eigenvalue weighted by Crippen LogP contribution is 2.22. The number of anilines is 2. The van der Waals surface area contributed by atoms with Crippen LogP contribution in [-0.4, -0.2) is 30.2 Å². The second-order valence-electron chi connectivity index (χ2n) is 4.91. The first-order chi connectivity index (χ1) is 11.9. The number of carbonyl (C=O) groups excluding carboxylic acids is 2. The Hall–Kier alpha value is -2.52. The molecule has 0 bridgehead atoms. The number of aliphatic hydroxyl groups is 1. The van der Waals surface area contributed by atoms with E-state index < -0.39 is 23.6 Å². The summed E-state index contributed by atoms with van der Waals surface area (Å²) < 4.78 is 26.9. The molecule has 0 heterocycles. The Morgan fingerprint density at radius 2 is 1.72 bits per heavy atom. The lowest BCUT2D eigenvalue weighted by molar-refractivity contribution is 0.0945. The van der Waals surface area contributed by atoms with Crippen LogP contribution in [0.4, 0.5) is 25.0 Å². The minimum absolute atomic E-state index is 0.0586. The number of hydrogen-bond donors (Lipinski definition) is 4. The van der Waals surface area contributed by atoms with Crippen LogP contribution in [-0.2, 0) is 0 Å². The van der Waals surface area contributed by atoms with Crippen LogP contribution < -0.4 is 16.0 Å². The molecule has 0 aliphatic heterocycles. The summed E-state index contributed by atoms with van der Waals surface area (Å²) in [5.74, 6) is -2.16. The fraction of sp³-hybridized carbons (Fsp3) is 0.125. The summed E-state index contributed by atoms with van der Waals surface area (Å²) >= 11 is 3.23. The molecule has 0 aromatic heterocycles. The number of amides is 3. The number of halogens is 3. The van der Waals surface area contributed by atoms with E-state index >= 15 is 0 Å². The Labute approximate surface area is 150 Å². The zero-order valence-corrected chi connectivity index (χ0v) is 14.4. The number of aliphatic hydroxyl groups excluding tert-OH is 1. The minimum atomic E-state index is -0.832. The van der Waals surface area contributed by atoms with Crippen LogP contribution in [0.15, 0.2) is 40.9 Å². The molecule has 0 aliphatic carbocycles. The van der Waals surface area contributed by atoms with E-state index in [2.05, 4.69) is 31.9 Å². The van der Waals surface area contributed by atoms with Gasteiger partial charge in [-0.3, -0.25) is 4.79 Å². The van der Waals surface area contributed by atoms with Crippen LogP contribution in [0.25, 0.3) is 0 Å². The van der Waals surface area contributed by atoms with Gasteiger partial charge in [-0.1, -0.05) is 15.9 Å². The lowest BCUT2D eigenvalue weighted by Crippen LogP contribution is -2.28. The average Bonchev–Trinajstić information content (AvgIpc) is 2.51. The number of rotatable bonds is 5. The third-order valence-corrected chi connectivity index (χ3v) is 3.49. The van der Waals surface area contributed by atoms with E-state index in [1.165, 1.54) is 12.1 Å². The third-order valence-electron chi connectivity index (χ3n) is 2.99. The second kappa shape index (κ2) is 8.54. The first-order valence-corrected chi connectivity index (χ1v) is 7.91. The van der Waals surface area contributed by atoms with Gasteiger partial charge in [0, 0.05) is 22.8 Å². The summed E-state index contributed by atoms with van der Waals surface area (Å²) in [5.41, 5.74) is 0.271. The first kappa shape index (κ1) is 18.8. The molecule has 0 saturated carbocycles. The molecule has 6 nitrogen and oxygen atoms in total. The molecule has 3 amide bonds. The van der Waals surface area contributed by atoms with Crippen molar-refractivity contribution in [1.82, 2.24) is 5.32 Å². The maximum absolute atomic E-state index is 13.2. The maximum Gasteiger partial charge on any atom is 0.323 e. The molecule has 2 aromatic rings. The van der Waals surface area contributed by atoms with Crippen molar-refractivity contribution in [3.05, 3.63) is 58.1 Å². The van der Waals surface area contributed by atoms with E-state index in [1.807, 2.05) is 0 Å². The van der Waals surface area contributed by atoms with Gasteiger partial charge in [0.1, 0.15) is 11.6 Å². The van der Waals surface area contributed by atoms with Gasteiger partial charge in [0.15, 0.2) is 0 Å². The van der Waals surface area contributed by atoms with Crippen LogP contribution in [0.1, 0.15) is 10.4 Å². The lowest BCUT2D eigenvalue weighted by atomic mass is 10.1. The lowest BCUT2D eigenvalue weighted by Gasteiger charge is -2.13. The third kappa shape index (κ3) is 5.50. The van der Waals surface area contributed by atoms with Gasteiger partial charge in [-0.15, -0.1) is 0 Å². The SMILES string of the molecule is O=C(Nc1cc(F)cc(F)c1)Nc1cc(Br)ccc1C(=O)NCCO. The highest BCUT2D eigenvalue weighted by atomic mass is 79.9. The molecule has 0 unspecified atom stereocenters. The Balaban J connectivity index is 2.16. The number of nitrogens with one attached hydrogen (secondary N) is 3. The van der Waals surface area contributed by atoms with Crippen LogP contribution in [0, 0.1) is 11.6 Å². The predicted octanol–water partition coefficient (Wildman–Crippen LogP) is 3.09. The molecule has 132 valence electrons. The molecule has 2 rings (SSSR count). The summed E-state index contributed by atoms with van der Waals surface area (Å²) in [6.07, 6.45) is 0. The minimum Gasteiger partial charge on any atom is -0.395 e. The van der Waals surface area contributed by atoms with Crippen LogP contribution in [0.2, 0.25) is 0 Å². The number of carbonyl (C=O) groups is 2. The van der Waals surface area contributed by atoms with E-state index in [0.717, 1.165) is 12.1 Å². The van der Waals surface area contributed by atoms with Crippen molar-refractivity contribution in [3.63, 3.8) is 0 Å². The molecule has 9 heteroatoms. The molecule has 0 radical (unpaired) electrons. The largest absolute Gasteiger partial charge is 0.395 e. The van der Waals surface area contributed by atoms with E-state index in [4.69, 9.17) is 5.11 Å². The topological polar surface area (TPSA) is 90.5 Å². The van der Waals surface area contributed by atoms with Crippen molar-refractivity contribution in [2.45, 2.75) is 0 Å². The monoisotopic (exact) mass is 413 g/mol. The van der Waals surface area contributed by atoms with Crippen LogP contribution in [0.5, 0.6) is 0 Å². The zero-order valence-electron chi connectivity index (χ0n) is 12.8. The fourth-order valence-corrected chi connectivity index (χ4v) is 2.35. The van der Waals surface area contributed by atoms with Gasteiger partial charge in [0.2, 0.25) is 0 Å². The normalized spacial score (nSPS) is 10.2. The van der Waals surface area contributed by atoms with Crippen molar-refractivity contribution in [2.24, 2.45) is 0 Å². The number of benzene rings is 2. The summed E-state index contributed by atoms with van der Waals surface area (Å²) in [4.78, 5) is 24.1. The molecule has 4 N–H and O–H groups in total. The standard InChI is InChI=1S/C16H14BrF2N3O3/c17-9-1-2-13(15(24)20-3-4-23)14(5-9)22-16(25)21-12-7-10(18)6-11(19)8-12/h1-2,5-8,23H,3-4H2,(H,20,24)(H2,21,22,25). The van der Waals surface area contributed by atoms with Gasteiger partial charge < -0.3 is 21.1 Å². The number of hydrogen-bond acceptors (Lipinski definition) is 3. The van der Waals surface area contributed by atoms with Gasteiger partial charge >= 0.3 is 6.03 Å². The Morgan fingerprint density at radius 3 is 2.36 bits per heavy atom. The van der Waals surface area contributed by atoms with E-state index in [0.29, 0.717) is 10.5 Å². The molecule has 0 spiro atoms. The molecular formula is C16H14BrF2N3O3. The molecule has 0 saturated heterocycles.